The number of ether oxygens (including phenoxy) is 1. The van der Waals surface area contributed by atoms with Gasteiger partial charge in [-0.05, 0) is 72.3 Å². The molecule has 4 fully saturated rings. The van der Waals surface area contributed by atoms with Crippen molar-refractivity contribution in [1.29, 1.82) is 0 Å². The van der Waals surface area contributed by atoms with Crippen LogP contribution in [-0.2, 0) is 13.0 Å². The molecule has 0 spiro atoms. The molecule has 3 aliphatic carbocycles. The molecule has 230 valence electrons. The molecule has 2 N–H and O–H groups in total. The zero-order chi connectivity index (χ0) is 30.3. The number of nitrogens with zero attached hydrogens (tertiary/aromatic N) is 4. The van der Waals surface area contributed by atoms with Gasteiger partial charge >= 0.3 is 0 Å². The van der Waals surface area contributed by atoms with Gasteiger partial charge in [0.2, 0.25) is 0 Å². The van der Waals surface area contributed by atoms with E-state index in [1.54, 1.807) is 18.2 Å². The van der Waals surface area contributed by atoms with E-state index < -0.39 is 6.67 Å². The number of guanidine groups is 1. The van der Waals surface area contributed by atoms with Crippen LogP contribution < -0.4 is 20.9 Å². The Labute approximate surface area is 251 Å². The number of fused-ring (bicyclic) bond motifs is 3. The Morgan fingerprint density at radius 3 is 2.79 bits per heavy atom. The van der Waals surface area contributed by atoms with Crippen molar-refractivity contribution in [3.05, 3.63) is 64.5 Å². The number of benzene rings is 2. The van der Waals surface area contributed by atoms with E-state index in [1.807, 2.05) is 12.1 Å². The summed E-state index contributed by atoms with van der Waals surface area (Å²) >= 11 is 0. The lowest BCUT2D eigenvalue weighted by atomic mass is 9.45. The molecule has 4 aliphatic rings. The highest BCUT2D eigenvalue weighted by Gasteiger charge is 2.56. The van der Waals surface area contributed by atoms with Crippen LogP contribution in [0.1, 0.15) is 39.2 Å². The zero-order valence-corrected chi connectivity index (χ0v) is 25.4. The van der Waals surface area contributed by atoms with E-state index in [4.69, 9.17) is 9.73 Å². The average Bonchev–Trinajstić information content (AvgIpc) is 3.01. The summed E-state index contributed by atoms with van der Waals surface area (Å²) < 4.78 is 34.6. The fraction of sp³-hybridized carbons (Fsp3) is 0.545. The molecule has 7 rings (SSSR count). The van der Waals surface area contributed by atoms with Crippen LogP contribution in [0.5, 0.6) is 5.75 Å². The first-order chi connectivity index (χ1) is 20.7. The Bertz CT molecular complexity index is 1570. The number of alkyl halides is 1. The number of aliphatic imine (C=N–C) groups is 1. The summed E-state index contributed by atoms with van der Waals surface area (Å²) in [4.78, 5) is 25.3. The second-order valence-electron chi connectivity index (χ2n) is 13.0. The molecule has 2 heterocycles. The fourth-order valence-corrected chi connectivity index (χ4v) is 7.39. The second kappa shape index (κ2) is 11.9. The number of rotatable bonds is 7. The number of piperazine rings is 1. The smallest absolute Gasteiger partial charge is 0.261 e. The van der Waals surface area contributed by atoms with Gasteiger partial charge in [-0.15, -0.1) is 0 Å². The van der Waals surface area contributed by atoms with Crippen molar-refractivity contribution in [3.63, 3.8) is 0 Å². The highest BCUT2D eigenvalue weighted by atomic mass is 19.1. The van der Waals surface area contributed by atoms with Crippen molar-refractivity contribution in [2.24, 2.45) is 28.2 Å². The Kier molecular flexibility index (Phi) is 8.15. The Hall–Kier alpha value is -3.53. The van der Waals surface area contributed by atoms with Gasteiger partial charge in [0.05, 0.1) is 36.4 Å². The summed E-state index contributed by atoms with van der Waals surface area (Å²) in [5.41, 5.74) is 2.05. The molecule has 0 amide bonds. The van der Waals surface area contributed by atoms with E-state index in [0.29, 0.717) is 71.4 Å². The van der Waals surface area contributed by atoms with Gasteiger partial charge in [0.15, 0.2) is 5.96 Å². The predicted molar refractivity (Wildman–Crippen MR) is 166 cm³/mol. The molecule has 1 aliphatic heterocycles. The summed E-state index contributed by atoms with van der Waals surface area (Å²) in [6.07, 6.45) is 4.22. The van der Waals surface area contributed by atoms with Crippen LogP contribution in [0.25, 0.3) is 10.9 Å². The summed E-state index contributed by atoms with van der Waals surface area (Å²) in [6, 6.07) is 10.2. The molecular weight excluding hydrogens is 550 g/mol. The van der Waals surface area contributed by atoms with Crippen LogP contribution in [0.15, 0.2) is 52.5 Å². The first-order valence-electron chi connectivity index (χ1n) is 15.4. The molecule has 1 saturated heterocycles. The van der Waals surface area contributed by atoms with Crippen LogP contribution in [0, 0.1) is 29.0 Å². The number of aromatic nitrogens is 2. The fourth-order valence-electron chi connectivity index (χ4n) is 7.39. The highest BCUT2D eigenvalue weighted by molar-refractivity contribution is 5.96. The largest absolute Gasteiger partial charge is 0.497 e. The van der Waals surface area contributed by atoms with Gasteiger partial charge in [-0.2, -0.15) is 0 Å². The maximum atomic E-state index is 14.4. The Morgan fingerprint density at radius 1 is 1.23 bits per heavy atom. The first kappa shape index (κ1) is 29.5. The third kappa shape index (κ3) is 5.73. The molecule has 10 heteroatoms. The van der Waals surface area contributed by atoms with Gasteiger partial charge in [-0.1, -0.05) is 26.8 Å². The summed E-state index contributed by atoms with van der Waals surface area (Å²) in [5.74, 6) is 2.66. The van der Waals surface area contributed by atoms with E-state index in [9.17, 15) is 13.6 Å². The Morgan fingerprint density at radius 2 is 2.07 bits per heavy atom. The third-order valence-corrected chi connectivity index (χ3v) is 10.3. The maximum Gasteiger partial charge on any atom is 0.261 e. The first-order valence-corrected chi connectivity index (χ1v) is 15.4. The third-order valence-electron chi connectivity index (χ3n) is 10.3. The second-order valence-corrected chi connectivity index (χ2v) is 13.0. The molecule has 0 radical (unpaired) electrons. The van der Waals surface area contributed by atoms with Gasteiger partial charge in [-0.3, -0.25) is 9.36 Å². The lowest BCUT2D eigenvalue weighted by Crippen LogP contribution is -2.58. The maximum absolute atomic E-state index is 14.4. The molecular formula is C33H42F2N6O2. The van der Waals surface area contributed by atoms with Crippen molar-refractivity contribution < 1.29 is 13.5 Å². The van der Waals surface area contributed by atoms with Crippen LogP contribution in [0.3, 0.4) is 0 Å². The zero-order valence-electron chi connectivity index (χ0n) is 25.4. The molecule has 5 unspecified atom stereocenters. The molecule has 43 heavy (non-hydrogen) atoms. The lowest BCUT2D eigenvalue weighted by molar-refractivity contribution is -0.108. The average molecular weight is 593 g/mol. The van der Waals surface area contributed by atoms with Gasteiger partial charge in [-0.25, -0.2) is 18.8 Å². The quantitative estimate of drug-likeness (QED) is 0.301. The monoisotopic (exact) mass is 592 g/mol. The van der Waals surface area contributed by atoms with Gasteiger partial charge in [0.1, 0.15) is 18.2 Å². The van der Waals surface area contributed by atoms with Crippen molar-refractivity contribution in [2.75, 3.05) is 38.7 Å². The predicted octanol–water partition coefficient (Wildman–Crippen LogP) is 4.87. The van der Waals surface area contributed by atoms with Crippen LogP contribution in [0.2, 0.25) is 0 Å². The summed E-state index contributed by atoms with van der Waals surface area (Å²) in [6.45, 7) is 8.92. The van der Waals surface area contributed by atoms with Crippen molar-refractivity contribution >= 4 is 22.5 Å². The number of methoxy groups -OCH3 is 1. The molecule has 2 bridgehead atoms. The molecule has 3 aromatic rings. The number of hydrogen-bond acceptors (Lipinski definition) is 5. The number of hydrogen-bond donors (Lipinski definition) is 2. The number of nitrogens with one attached hydrogen (secondary N) is 2. The molecule has 3 saturated carbocycles. The topological polar surface area (TPSA) is 83.8 Å². The summed E-state index contributed by atoms with van der Waals surface area (Å²) in [7, 11) is 1.50. The van der Waals surface area contributed by atoms with E-state index in [-0.39, 0.29) is 23.5 Å². The minimum absolute atomic E-state index is 0.176. The van der Waals surface area contributed by atoms with Crippen molar-refractivity contribution in [3.8, 4) is 5.75 Å². The molecule has 2 aromatic carbocycles. The van der Waals surface area contributed by atoms with Gasteiger partial charge in [0.25, 0.3) is 5.56 Å². The summed E-state index contributed by atoms with van der Waals surface area (Å²) in [5, 5.41) is 7.26. The standard InChI is InChI=1S/C33H42F2N6O2/c1-20-27-13-22(33(27,2)3)14-29(20)39-32(40-12-10-36-24(17-34)18-40)38-23-6-8-26-30(15-23)37-19-41(31(26)42)11-9-21-5-7-25(43-4)16-28(21)35/h5-8,15-16,19-20,22,24,27,29,36H,9-14,17-18H2,1-4H3,(H,38,39). The normalized spacial score (nSPS) is 26.7. The highest BCUT2D eigenvalue weighted by Crippen LogP contribution is 2.61. The van der Waals surface area contributed by atoms with E-state index in [1.165, 1.54) is 30.5 Å². The van der Waals surface area contributed by atoms with Gasteiger partial charge < -0.3 is 20.3 Å². The van der Waals surface area contributed by atoms with Gasteiger partial charge in [0, 0.05) is 37.9 Å². The van der Waals surface area contributed by atoms with E-state index in [0.717, 1.165) is 24.6 Å². The molecule has 8 nitrogen and oxygen atoms in total. The minimum Gasteiger partial charge on any atom is -0.497 e. The number of anilines is 1. The number of aryl methyl sites for hydroxylation is 2. The minimum atomic E-state index is -0.431. The molecule has 1 aromatic heterocycles. The van der Waals surface area contributed by atoms with Crippen molar-refractivity contribution in [1.82, 2.24) is 19.8 Å². The van der Waals surface area contributed by atoms with Crippen molar-refractivity contribution in [2.45, 2.75) is 58.7 Å². The van der Waals surface area contributed by atoms with Crippen LogP contribution in [0.4, 0.5) is 14.5 Å². The van der Waals surface area contributed by atoms with E-state index in [2.05, 4.69) is 41.3 Å². The van der Waals surface area contributed by atoms with Crippen LogP contribution >= 0.6 is 0 Å². The number of halogens is 2. The SMILES string of the molecule is COc1ccc(CCn2cnc3cc(NC(=NC4CC5CC(C4C)C5(C)C)N4CCNC(CF)C4)ccc3c2=O)c(F)c1. The van der Waals surface area contributed by atoms with E-state index >= 15 is 0 Å². The Balaban J connectivity index is 1.23. The molecule has 5 atom stereocenters. The lowest BCUT2D eigenvalue weighted by Gasteiger charge is -2.61. The van der Waals surface area contributed by atoms with Crippen LogP contribution in [-0.4, -0.2) is 65.9 Å².